The monoisotopic (exact) mass is 254 g/mol. The summed E-state index contributed by atoms with van der Waals surface area (Å²) in [6, 6.07) is 0. The predicted molar refractivity (Wildman–Crippen MR) is 77.2 cm³/mol. The molecule has 2 saturated heterocycles. The van der Waals surface area contributed by atoms with Gasteiger partial charge in [-0.25, -0.2) is 0 Å². The molecule has 2 aliphatic rings. The van der Waals surface area contributed by atoms with E-state index in [4.69, 9.17) is 0 Å². The number of rotatable bonds is 4. The van der Waals surface area contributed by atoms with E-state index in [1.54, 1.807) is 0 Å². The third-order valence-corrected chi connectivity index (χ3v) is 6.16. The van der Waals surface area contributed by atoms with Gasteiger partial charge in [-0.3, -0.25) is 9.34 Å². The van der Waals surface area contributed by atoms with Crippen molar-refractivity contribution >= 4 is 8.22 Å². The maximum atomic E-state index is 2.76. The zero-order valence-corrected chi connectivity index (χ0v) is 12.2. The van der Waals surface area contributed by atoms with E-state index in [1.165, 1.54) is 71.1 Å². The fourth-order valence-corrected chi connectivity index (χ4v) is 5.25. The lowest BCUT2D eigenvalue weighted by Crippen LogP contribution is -2.34. The second-order valence-corrected chi connectivity index (χ2v) is 7.21. The van der Waals surface area contributed by atoms with Crippen molar-refractivity contribution in [3.8, 4) is 0 Å². The van der Waals surface area contributed by atoms with Gasteiger partial charge in [0.05, 0.1) is 8.22 Å². The summed E-state index contributed by atoms with van der Waals surface area (Å²) in [6.07, 6.45) is 12.1. The minimum atomic E-state index is -0.117. The van der Waals surface area contributed by atoms with E-state index in [9.17, 15) is 0 Å². The van der Waals surface area contributed by atoms with Gasteiger partial charge < -0.3 is 0 Å². The van der Waals surface area contributed by atoms with Gasteiger partial charge in [0.25, 0.3) is 0 Å². The van der Waals surface area contributed by atoms with Crippen molar-refractivity contribution in [1.29, 1.82) is 0 Å². The molecular weight excluding hydrogens is 227 g/mol. The molecule has 0 saturated carbocycles. The van der Waals surface area contributed by atoms with Crippen LogP contribution in [0.2, 0.25) is 0 Å². The molecule has 0 aromatic rings. The Morgan fingerprint density at radius 2 is 1.29 bits per heavy atom. The topological polar surface area (TPSA) is 6.48 Å². The van der Waals surface area contributed by atoms with Crippen molar-refractivity contribution in [2.75, 3.05) is 26.2 Å². The highest BCUT2D eigenvalue weighted by atomic mass is 31.1. The molecule has 98 valence electrons. The summed E-state index contributed by atoms with van der Waals surface area (Å²) in [7, 11) is -0.117. The Bertz CT molecular complexity index is 212. The van der Waals surface area contributed by atoms with E-state index in [2.05, 4.69) is 28.2 Å². The summed E-state index contributed by atoms with van der Waals surface area (Å²) in [4.78, 5) is 0. The van der Waals surface area contributed by atoms with Crippen molar-refractivity contribution in [3.63, 3.8) is 0 Å². The summed E-state index contributed by atoms with van der Waals surface area (Å²) in [5.74, 6) is 2.52. The molecule has 17 heavy (non-hydrogen) atoms. The molecule has 0 aromatic heterocycles. The SMILES string of the molecule is CCC=CP(N1CCCCC1)N1CCCCC1. The fraction of sp³-hybridized carbons (Fsp3) is 0.857. The molecule has 0 radical (unpaired) electrons. The maximum Gasteiger partial charge on any atom is 0.0644 e. The van der Waals surface area contributed by atoms with E-state index in [0.29, 0.717) is 0 Å². The molecule has 0 spiro atoms. The molecule has 2 fully saturated rings. The Labute approximate surface area is 108 Å². The van der Waals surface area contributed by atoms with Crippen molar-refractivity contribution in [2.24, 2.45) is 0 Å². The van der Waals surface area contributed by atoms with E-state index >= 15 is 0 Å². The molecule has 3 heteroatoms. The first-order valence-electron chi connectivity index (χ1n) is 7.37. The highest BCUT2D eigenvalue weighted by Gasteiger charge is 2.25. The van der Waals surface area contributed by atoms with Gasteiger partial charge in [0.2, 0.25) is 0 Å². The van der Waals surface area contributed by atoms with Gasteiger partial charge in [-0.1, -0.05) is 25.8 Å². The summed E-state index contributed by atoms with van der Waals surface area (Å²) >= 11 is 0. The Hall–Kier alpha value is 0.0900. The molecular formula is C14H27N2P. The molecule has 0 atom stereocenters. The first kappa shape index (κ1) is 13.5. The second kappa shape index (κ2) is 7.51. The van der Waals surface area contributed by atoms with Crippen LogP contribution in [0.3, 0.4) is 0 Å². The number of hydrogen-bond acceptors (Lipinski definition) is 2. The number of piperidine rings is 2. The van der Waals surface area contributed by atoms with Crippen molar-refractivity contribution in [1.82, 2.24) is 9.34 Å². The van der Waals surface area contributed by atoms with Crippen molar-refractivity contribution < 1.29 is 0 Å². The van der Waals surface area contributed by atoms with Crippen molar-refractivity contribution in [2.45, 2.75) is 51.9 Å². The lowest BCUT2D eigenvalue weighted by Gasteiger charge is -2.41. The molecule has 0 unspecified atom stereocenters. The first-order valence-corrected chi connectivity index (χ1v) is 8.69. The van der Waals surface area contributed by atoms with E-state index in [1.807, 2.05) is 0 Å². The van der Waals surface area contributed by atoms with E-state index in [0.717, 1.165) is 0 Å². The third-order valence-electron chi connectivity index (χ3n) is 3.72. The summed E-state index contributed by atoms with van der Waals surface area (Å²) in [5, 5.41) is 0. The number of hydrogen-bond donors (Lipinski definition) is 0. The van der Waals surface area contributed by atoms with Crippen LogP contribution in [0.5, 0.6) is 0 Å². The molecule has 0 amide bonds. The van der Waals surface area contributed by atoms with Crippen LogP contribution in [-0.2, 0) is 0 Å². The van der Waals surface area contributed by atoms with Gasteiger partial charge in [0.1, 0.15) is 0 Å². The Morgan fingerprint density at radius 1 is 0.824 bits per heavy atom. The number of nitrogens with zero attached hydrogens (tertiary/aromatic N) is 2. The van der Waals surface area contributed by atoms with Crippen LogP contribution in [0.1, 0.15) is 51.9 Å². The Balaban J connectivity index is 1.97. The third kappa shape index (κ3) is 4.05. The van der Waals surface area contributed by atoms with Gasteiger partial charge in [-0.2, -0.15) is 0 Å². The Kier molecular flexibility index (Phi) is 5.97. The standard InChI is InChI=1S/C14H27N2P/c1-2-3-14-17(15-10-6-4-7-11-15)16-12-8-5-9-13-16/h3,14H,2,4-13H2,1H3. The average molecular weight is 254 g/mol. The van der Waals surface area contributed by atoms with Gasteiger partial charge in [0, 0.05) is 26.2 Å². The minimum Gasteiger partial charge on any atom is -0.267 e. The molecule has 2 aliphatic heterocycles. The quantitative estimate of drug-likeness (QED) is 0.694. The summed E-state index contributed by atoms with van der Waals surface area (Å²) < 4.78 is 5.52. The molecule has 2 heterocycles. The summed E-state index contributed by atoms with van der Waals surface area (Å²) in [6.45, 7) is 7.56. The molecule has 0 aliphatic carbocycles. The van der Waals surface area contributed by atoms with Gasteiger partial charge in [-0.05, 0) is 37.9 Å². The van der Waals surface area contributed by atoms with E-state index < -0.39 is 0 Å². The van der Waals surface area contributed by atoms with Crippen LogP contribution in [0.4, 0.5) is 0 Å². The molecule has 0 aromatic carbocycles. The van der Waals surface area contributed by atoms with Crippen molar-refractivity contribution in [3.05, 3.63) is 11.9 Å². The molecule has 2 nitrogen and oxygen atoms in total. The fourth-order valence-electron chi connectivity index (χ4n) is 2.73. The normalized spacial score (nSPS) is 24.8. The predicted octanol–water partition coefficient (Wildman–Crippen LogP) is 4.19. The zero-order chi connectivity index (χ0) is 11.9. The molecule has 2 rings (SSSR count). The second-order valence-electron chi connectivity index (χ2n) is 5.14. The van der Waals surface area contributed by atoms with E-state index in [-0.39, 0.29) is 8.22 Å². The molecule has 0 N–H and O–H groups in total. The van der Waals surface area contributed by atoms with Crippen LogP contribution >= 0.6 is 8.22 Å². The summed E-state index contributed by atoms with van der Waals surface area (Å²) in [5.41, 5.74) is 0. The zero-order valence-electron chi connectivity index (χ0n) is 11.3. The highest BCUT2D eigenvalue weighted by molar-refractivity contribution is 7.56. The van der Waals surface area contributed by atoms with Crippen LogP contribution < -0.4 is 0 Å². The average Bonchev–Trinajstić information content (AvgIpc) is 2.42. The lowest BCUT2D eigenvalue weighted by atomic mass is 10.2. The molecule has 0 bridgehead atoms. The van der Waals surface area contributed by atoms with Gasteiger partial charge in [-0.15, -0.1) is 0 Å². The largest absolute Gasteiger partial charge is 0.267 e. The van der Waals surface area contributed by atoms with Crippen LogP contribution in [0, 0.1) is 0 Å². The minimum absolute atomic E-state index is 0.117. The lowest BCUT2D eigenvalue weighted by molar-refractivity contribution is 0.314. The smallest absolute Gasteiger partial charge is 0.0644 e. The Morgan fingerprint density at radius 3 is 1.71 bits per heavy atom. The van der Waals surface area contributed by atoms with Crippen LogP contribution in [0.25, 0.3) is 0 Å². The van der Waals surface area contributed by atoms with Gasteiger partial charge in [0.15, 0.2) is 0 Å². The highest BCUT2D eigenvalue weighted by Crippen LogP contribution is 2.48. The van der Waals surface area contributed by atoms with Crippen LogP contribution in [0.15, 0.2) is 11.9 Å². The maximum absolute atomic E-state index is 2.76. The van der Waals surface area contributed by atoms with Crippen LogP contribution in [-0.4, -0.2) is 35.5 Å². The number of allylic oxidation sites excluding steroid dienone is 1. The first-order chi connectivity index (χ1) is 8.42. The van der Waals surface area contributed by atoms with Gasteiger partial charge >= 0.3 is 0 Å².